The molecule has 0 spiro atoms. The van der Waals surface area contributed by atoms with Gasteiger partial charge in [-0.2, -0.15) is 0 Å². The molecule has 3 heteroatoms. The van der Waals surface area contributed by atoms with Gasteiger partial charge in [-0.15, -0.1) is 10.2 Å². The van der Waals surface area contributed by atoms with Crippen LogP contribution in [0.15, 0.2) is 84.9 Å². The molecule has 0 atom stereocenters. The third kappa shape index (κ3) is 2.10. The molecule has 0 N–H and O–H groups in total. The molecule has 0 fully saturated rings. The van der Waals surface area contributed by atoms with Gasteiger partial charge in [-0.25, -0.2) is 0 Å². The van der Waals surface area contributed by atoms with Crippen LogP contribution in [-0.2, 0) is 0 Å². The highest BCUT2D eigenvalue weighted by Gasteiger charge is 2.15. The van der Waals surface area contributed by atoms with Gasteiger partial charge in [-0.3, -0.25) is 4.40 Å². The van der Waals surface area contributed by atoms with Gasteiger partial charge in [0.25, 0.3) is 0 Å². The molecule has 0 aliphatic carbocycles. The quantitative estimate of drug-likeness (QED) is 0.329. The molecule has 6 aromatic rings. The van der Waals surface area contributed by atoms with Crippen LogP contribution < -0.4 is 0 Å². The average Bonchev–Trinajstić information content (AvgIpc) is 3.19. The zero-order valence-corrected chi connectivity index (χ0v) is 15.4. The summed E-state index contributed by atoms with van der Waals surface area (Å²) in [4.78, 5) is 0. The van der Waals surface area contributed by atoms with Crippen LogP contribution in [-0.4, -0.2) is 14.6 Å². The lowest BCUT2D eigenvalue weighted by Gasteiger charge is -2.10. The zero-order valence-electron chi connectivity index (χ0n) is 15.4. The predicted molar refractivity (Wildman–Crippen MR) is 116 cm³/mol. The van der Waals surface area contributed by atoms with Gasteiger partial charge in [-0.05, 0) is 41.3 Å². The molecule has 28 heavy (non-hydrogen) atoms. The number of aromatic nitrogens is 3. The standard InChI is InChI=1S/C25H17N3/c1-16-10-13-23-22(14-16)20-8-4-5-9-21(20)25-27-26-24(28(23)25)19-12-11-17-6-2-3-7-18(17)15-19/h2-15H,1H3. The summed E-state index contributed by atoms with van der Waals surface area (Å²) in [7, 11) is 0. The summed E-state index contributed by atoms with van der Waals surface area (Å²) < 4.78 is 2.20. The smallest absolute Gasteiger partial charge is 0.169 e. The van der Waals surface area contributed by atoms with E-state index in [4.69, 9.17) is 0 Å². The van der Waals surface area contributed by atoms with E-state index in [9.17, 15) is 0 Å². The largest absolute Gasteiger partial charge is 0.274 e. The minimum Gasteiger partial charge on any atom is -0.274 e. The molecular formula is C25H17N3. The van der Waals surface area contributed by atoms with Crippen molar-refractivity contribution in [3.05, 3.63) is 90.5 Å². The Labute approximate surface area is 161 Å². The lowest BCUT2D eigenvalue weighted by Crippen LogP contribution is -1.94. The molecule has 0 aliphatic rings. The van der Waals surface area contributed by atoms with Crippen LogP contribution in [0, 0.1) is 6.92 Å². The molecular weight excluding hydrogens is 342 g/mol. The Morgan fingerprint density at radius 3 is 2.32 bits per heavy atom. The van der Waals surface area contributed by atoms with Crippen molar-refractivity contribution in [1.29, 1.82) is 0 Å². The molecule has 2 aromatic heterocycles. The molecule has 0 amide bonds. The summed E-state index contributed by atoms with van der Waals surface area (Å²) in [6.45, 7) is 2.13. The van der Waals surface area contributed by atoms with Crippen molar-refractivity contribution in [2.75, 3.05) is 0 Å². The summed E-state index contributed by atoms with van der Waals surface area (Å²) in [6, 6.07) is 29.9. The Balaban J connectivity index is 1.78. The van der Waals surface area contributed by atoms with Crippen LogP contribution >= 0.6 is 0 Å². The number of benzene rings is 4. The van der Waals surface area contributed by atoms with Crippen LogP contribution in [0.4, 0.5) is 0 Å². The van der Waals surface area contributed by atoms with Crippen molar-refractivity contribution in [1.82, 2.24) is 14.6 Å². The van der Waals surface area contributed by atoms with E-state index in [1.54, 1.807) is 0 Å². The lowest BCUT2D eigenvalue weighted by molar-refractivity contribution is 1.12. The van der Waals surface area contributed by atoms with E-state index in [1.165, 1.54) is 27.1 Å². The molecule has 0 bridgehead atoms. The molecule has 6 rings (SSSR count). The van der Waals surface area contributed by atoms with Crippen molar-refractivity contribution < 1.29 is 0 Å². The molecule has 132 valence electrons. The van der Waals surface area contributed by atoms with Crippen LogP contribution in [0.5, 0.6) is 0 Å². The minimum atomic E-state index is 0.875. The second kappa shape index (κ2) is 5.64. The van der Waals surface area contributed by atoms with Crippen LogP contribution in [0.2, 0.25) is 0 Å². The van der Waals surface area contributed by atoms with Crippen molar-refractivity contribution in [3.63, 3.8) is 0 Å². The average molecular weight is 359 g/mol. The van der Waals surface area contributed by atoms with Gasteiger partial charge in [0.05, 0.1) is 5.52 Å². The second-order valence-corrected chi connectivity index (χ2v) is 7.31. The number of pyridine rings is 1. The Kier molecular flexibility index (Phi) is 3.09. The Morgan fingerprint density at radius 2 is 1.43 bits per heavy atom. The number of aryl methyl sites for hydroxylation is 1. The van der Waals surface area contributed by atoms with Crippen molar-refractivity contribution in [2.45, 2.75) is 6.92 Å². The number of hydrogen-bond acceptors (Lipinski definition) is 2. The first-order valence-corrected chi connectivity index (χ1v) is 9.45. The first-order chi connectivity index (χ1) is 13.8. The minimum absolute atomic E-state index is 0.875. The van der Waals surface area contributed by atoms with E-state index in [0.29, 0.717) is 0 Å². The van der Waals surface area contributed by atoms with Crippen molar-refractivity contribution in [3.8, 4) is 11.4 Å². The van der Waals surface area contributed by atoms with E-state index >= 15 is 0 Å². The first kappa shape index (κ1) is 15.3. The molecule has 0 unspecified atom stereocenters. The van der Waals surface area contributed by atoms with Gasteiger partial charge in [0.2, 0.25) is 0 Å². The summed E-state index contributed by atoms with van der Waals surface area (Å²) >= 11 is 0. The predicted octanol–water partition coefficient (Wildman–Crippen LogP) is 6.16. The number of nitrogens with zero attached hydrogens (tertiary/aromatic N) is 3. The van der Waals surface area contributed by atoms with Gasteiger partial charge >= 0.3 is 0 Å². The molecule has 0 saturated heterocycles. The normalized spacial score (nSPS) is 11.8. The fraction of sp³-hybridized carbons (Fsp3) is 0.0400. The number of rotatable bonds is 1. The maximum Gasteiger partial charge on any atom is 0.169 e. The third-order valence-electron chi connectivity index (χ3n) is 5.52. The maximum absolute atomic E-state index is 4.61. The summed E-state index contributed by atoms with van der Waals surface area (Å²) in [6.07, 6.45) is 0. The van der Waals surface area contributed by atoms with Gasteiger partial charge in [0.15, 0.2) is 11.5 Å². The topological polar surface area (TPSA) is 30.2 Å². The molecule has 0 aliphatic heterocycles. The molecule has 2 heterocycles. The fourth-order valence-corrected chi connectivity index (χ4v) is 4.18. The zero-order chi connectivity index (χ0) is 18.7. The van der Waals surface area contributed by atoms with Crippen LogP contribution in [0.1, 0.15) is 5.56 Å². The maximum atomic E-state index is 4.61. The molecule has 0 saturated carbocycles. The van der Waals surface area contributed by atoms with Crippen molar-refractivity contribution >= 4 is 38.1 Å². The third-order valence-corrected chi connectivity index (χ3v) is 5.52. The first-order valence-electron chi connectivity index (χ1n) is 9.45. The highest BCUT2D eigenvalue weighted by Crippen LogP contribution is 2.33. The fourth-order valence-electron chi connectivity index (χ4n) is 4.18. The van der Waals surface area contributed by atoms with E-state index in [0.717, 1.165) is 27.9 Å². The molecule has 4 aromatic carbocycles. The van der Waals surface area contributed by atoms with E-state index < -0.39 is 0 Å². The Bertz CT molecular complexity index is 1530. The monoisotopic (exact) mass is 359 g/mol. The van der Waals surface area contributed by atoms with E-state index in [-0.39, 0.29) is 0 Å². The van der Waals surface area contributed by atoms with E-state index in [1.807, 2.05) is 0 Å². The van der Waals surface area contributed by atoms with Gasteiger partial charge in [-0.1, -0.05) is 72.3 Å². The summed E-state index contributed by atoms with van der Waals surface area (Å²) in [5, 5.41) is 15.2. The lowest BCUT2D eigenvalue weighted by atomic mass is 10.0. The number of hydrogen-bond donors (Lipinski definition) is 0. The van der Waals surface area contributed by atoms with Crippen LogP contribution in [0.3, 0.4) is 0 Å². The molecule has 3 nitrogen and oxygen atoms in total. The van der Waals surface area contributed by atoms with Crippen LogP contribution in [0.25, 0.3) is 49.5 Å². The Hall–Kier alpha value is -3.72. The summed E-state index contributed by atoms with van der Waals surface area (Å²) in [5.74, 6) is 0.875. The van der Waals surface area contributed by atoms with Gasteiger partial charge in [0.1, 0.15) is 0 Å². The highest BCUT2D eigenvalue weighted by atomic mass is 15.2. The van der Waals surface area contributed by atoms with Gasteiger partial charge < -0.3 is 0 Å². The van der Waals surface area contributed by atoms with E-state index in [2.05, 4.69) is 106 Å². The van der Waals surface area contributed by atoms with Crippen molar-refractivity contribution in [2.24, 2.45) is 0 Å². The Morgan fingerprint density at radius 1 is 0.643 bits per heavy atom. The second-order valence-electron chi connectivity index (χ2n) is 7.31. The van der Waals surface area contributed by atoms with Gasteiger partial charge in [0, 0.05) is 16.3 Å². The summed E-state index contributed by atoms with van der Waals surface area (Å²) in [5.41, 5.74) is 4.35. The molecule has 0 radical (unpaired) electrons. The SMILES string of the molecule is Cc1ccc2c(c1)c1ccccc1c1nnc(-c3ccc4ccccc4c3)n21. The highest BCUT2D eigenvalue weighted by molar-refractivity contribution is 6.12. The number of fused-ring (bicyclic) bond motifs is 7.